The molecule has 0 N–H and O–H groups in total. The lowest BCUT2D eigenvalue weighted by Crippen LogP contribution is -2.12. The van der Waals surface area contributed by atoms with Crippen LogP contribution in [0.15, 0.2) is 47.9 Å². The first-order valence-electron chi connectivity index (χ1n) is 6.07. The number of rotatable bonds is 2. The summed E-state index contributed by atoms with van der Waals surface area (Å²) >= 11 is 0. The van der Waals surface area contributed by atoms with Crippen LogP contribution < -0.4 is 0 Å². The molecule has 21 heavy (non-hydrogen) atoms. The lowest BCUT2D eigenvalue weighted by Gasteiger charge is -2.06. The zero-order valence-electron chi connectivity index (χ0n) is 11.1. The number of hydrogen-bond donors (Lipinski definition) is 0. The van der Waals surface area contributed by atoms with Crippen LogP contribution in [0.2, 0.25) is 0 Å². The summed E-state index contributed by atoms with van der Waals surface area (Å²) in [5, 5.41) is 9.52. The molecule has 0 aliphatic rings. The fourth-order valence-corrected chi connectivity index (χ4v) is 3.36. The summed E-state index contributed by atoms with van der Waals surface area (Å²) < 4.78 is 26.4. The van der Waals surface area contributed by atoms with E-state index in [2.05, 4.69) is 9.97 Å². The molecule has 0 aliphatic carbocycles. The van der Waals surface area contributed by atoms with Gasteiger partial charge in [0.1, 0.15) is 12.4 Å². The number of fused-ring (bicyclic) bond motifs is 1. The van der Waals surface area contributed by atoms with Crippen LogP contribution in [0.5, 0.6) is 0 Å². The summed E-state index contributed by atoms with van der Waals surface area (Å²) in [4.78, 5) is 7.96. The van der Waals surface area contributed by atoms with Gasteiger partial charge in [-0.2, -0.15) is 5.26 Å². The normalized spacial score (nSPS) is 11.4. The van der Waals surface area contributed by atoms with Gasteiger partial charge in [-0.3, -0.25) is 0 Å². The minimum Gasteiger partial charge on any atom is -0.244 e. The lowest BCUT2D eigenvalue weighted by molar-refractivity contribution is 0.588. The van der Waals surface area contributed by atoms with Gasteiger partial charge < -0.3 is 0 Å². The Morgan fingerprint density at radius 1 is 1.24 bits per heavy atom. The molecule has 0 fully saturated rings. The molecule has 1 aromatic carbocycles. The van der Waals surface area contributed by atoms with Gasteiger partial charge in [0.25, 0.3) is 10.0 Å². The summed E-state index contributed by atoms with van der Waals surface area (Å²) in [5.74, 6) is 0. The van der Waals surface area contributed by atoms with Crippen molar-refractivity contribution < 1.29 is 8.42 Å². The first-order chi connectivity index (χ1) is 10.0. The molecular weight excluding hydrogens is 288 g/mol. The van der Waals surface area contributed by atoms with Gasteiger partial charge in [0.15, 0.2) is 5.65 Å². The molecule has 0 unspecified atom stereocenters. The Bertz CT molecular complexity index is 966. The Balaban J connectivity index is 2.30. The fraction of sp³-hybridized carbons (Fsp3) is 0.0714. The van der Waals surface area contributed by atoms with Crippen molar-refractivity contribution in [3.05, 3.63) is 54.1 Å². The Kier molecular flexibility index (Phi) is 2.96. The van der Waals surface area contributed by atoms with Crippen molar-refractivity contribution in [3.63, 3.8) is 0 Å². The van der Waals surface area contributed by atoms with Crippen LogP contribution in [0.3, 0.4) is 0 Å². The number of aryl methyl sites for hydroxylation is 1. The molecule has 2 aromatic heterocycles. The van der Waals surface area contributed by atoms with E-state index >= 15 is 0 Å². The smallest absolute Gasteiger partial charge is 0.244 e. The molecule has 0 bridgehead atoms. The van der Waals surface area contributed by atoms with Crippen molar-refractivity contribution >= 4 is 21.1 Å². The highest BCUT2D eigenvalue weighted by Crippen LogP contribution is 2.23. The summed E-state index contributed by atoms with van der Waals surface area (Å²) in [7, 11) is -3.80. The second kappa shape index (κ2) is 4.68. The topological polar surface area (TPSA) is 88.6 Å². The largest absolute Gasteiger partial charge is 0.269 e. The molecule has 0 amide bonds. The molecule has 0 saturated heterocycles. The molecule has 3 rings (SSSR count). The number of nitrogens with zero attached hydrogens (tertiary/aromatic N) is 4. The zero-order chi connectivity index (χ0) is 15.0. The third kappa shape index (κ3) is 2.06. The van der Waals surface area contributed by atoms with E-state index in [9.17, 15) is 8.42 Å². The van der Waals surface area contributed by atoms with Gasteiger partial charge in [-0.1, -0.05) is 17.7 Å². The van der Waals surface area contributed by atoms with Gasteiger partial charge in [0.2, 0.25) is 0 Å². The molecule has 7 heteroatoms. The monoisotopic (exact) mass is 298 g/mol. The van der Waals surface area contributed by atoms with Crippen LogP contribution in [0.25, 0.3) is 11.0 Å². The second-order valence-electron chi connectivity index (χ2n) is 4.53. The average Bonchev–Trinajstić information content (AvgIpc) is 2.87. The van der Waals surface area contributed by atoms with E-state index in [0.717, 1.165) is 9.54 Å². The summed E-state index contributed by atoms with van der Waals surface area (Å²) in [6.07, 6.45) is 3.96. The van der Waals surface area contributed by atoms with Gasteiger partial charge in [0.05, 0.1) is 15.8 Å². The van der Waals surface area contributed by atoms with Gasteiger partial charge >= 0.3 is 0 Å². The molecular formula is C14H10N4O2S. The molecule has 2 heterocycles. The Labute approximate surface area is 121 Å². The van der Waals surface area contributed by atoms with E-state index < -0.39 is 10.0 Å². The second-order valence-corrected chi connectivity index (χ2v) is 6.34. The SMILES string of the molecule is Cc1ccc(S(=O)(=O)n2cc(C#N)c3cncnc32)cc1. The molecule has 6 nitrogen and oxygen atoms in total. The van der Waals surface area contributed by atoms with E-state index in [1.807, 2.05) is 13.0 Å². The van der Waals surface area contributed by atoms with E-state index in [0.29, 0.717) is 5.39 Å². The van der Waals surface area contributed by atoms with Crippen LogP contribution >= 0.6 is 0 Å². The Morgan fingerprint density at radius 2 is 1.95 bits per heavy atom. The lowest BCUT2D eigenvalue weighted by atomic mass is 10.2. The maximum absolute atomic E-state index is 12.7. The quantitative estimate of drug-likeness (QED) is 0.720. The van der Waals surface area contributed by atoms with E-state index in [4.69, 9.17) is 5.26 Å². The summed E-state index contributed by atoms with van der Waals surface area (Å²) in [6.45, 7) is 1.88. The van der Waals surface area contributed by atoms with Crippen molar-refractivity contribution in [1.82, 2.24) is 13.9 Å². The van der Waals surface area contributed by atoms with Gasteiger partial charge in [0, 0.05) is 12.4 Å². The first kappa shape index (κ1) is 13.3. The van der Waals surface area contributed by atoms with Crippen LogP contribution in [-0.4, -0.2) is 22.4 Å². The minimum absolute atomic E-state index is 0.146. The molecule has 0 spiro atoms. The minimum atomic E-state index is -3.80. The number of hydrogen-bond acceptors (Lipinski definition) is 5. The van der Waals surface area contributed by atoms with E-state index in [1.165, 1.54) is 30.9 Å². The highest BCUT2D eigenvalue weighted by atomic mass is 32.2. The standard InChI is InChI=1S/C14H10N4O2S/c1-10-2-4-12(5-3-10)21(19,20)18-8-11(6-15)13-7-16-9-17-14(13)18/h2-5,7-9H,1H3. The number of benzene rings is 1. The Morgan fingerprint density at radius 3 is 2.62 bits per heavy atom. The molecule has 104 valence electrons. The van der Waals surface area contributed by atoms with Gasteiger partial charge in [-0.15, -0.1) is 0 Å². The van der Waals surface area contributed by atoms with Crippen LogP contribution in [0.4, 0.5) is 0 Å². The van der Waals surface area contributed by atoms with Crippen molar-refractivity contribution in [2.24, 2.45) is 0 Å². The van der Waals surface area contributed by atoms with Crippen LogP contribution in [-0.2, 0) is 10.0 Å². The van der Waals surface area contributed by atoms with Crippen LogP contribution in [0.1, 0.15) is 11.1 Å². The highest BCUT2D eigenvalue weighted by Gasteiger charge is 2.22. The summed E-state index contributed by atoms with van der Waals surface area (Å²) in [5.41, 5.74) is 1.38. The summed E-state index contributed by atoms with van der Waals surface area (Å²) in [6, 6.07) is 8.46. The predicted molar refractivity (Wildman–Crippen MR) is 76.0 cm³/mol. The zero-order valence-corrected chi connectivity index (χ0v) is 11.9. The van der Waals surface area contributed by atoms with Gasteiger partial charge in [-0.05, 0) is 19.1 Å². The highest BCUT2D eigenvalue weighted by molar-refractivity contribution is 7.90. The molecule has 3 aromatic rings. The van der Waals surface area contributed by atoms with Crippen molar-refractivity contribution in [3.8, 4) is 6.07 Å². The number of nitriles is 1. The maximum Gasteiger partial charge on any atom is 0.269 e. The van der Waals surface area contributed by atoms with Crippen molar-refractivity contribution in [1.29, 1.82) is 5.26 Å². The Hall–Kier alpha value is -2.72. The molecule has 0 saturated carbocycles. The number of aromatic nitrogens is 3. The fourth-order valence-electron chi connectivity index (χ4n) is 2.03. The third-order valence-electron chi connectivity index (χ3n) is 3.13. The van der Waals surface area contributed by atoms with Gasteiger partial charge in [-0.25, -0.2) is 22.4 Å². The third-order valence-corrected chi connectivity index (χ3v) is 4.80. The average molecular weight is 298 g/mol. The van der Waals surface area contributed by atoms with E-state index in [1.54, 1.807) is 12.1 Å². The van der Waals surface area contributed by atoms with E-state index in [-0.39, 0.29) is 16.1 Å². The van der Waals surface area contributed by atoms with Crippen LogP contribution in [0, 0.1) is 18.3 Å². The molecule has 0 aliphatic heterocycles. The predicted octanol–water partition coefficient (Wildman–Crippen LogP) is 1.85. The molecule has 0 radical (unpaired) electrons. The maximum atomic E-state index is 12.7. The molecule has 0 atom stereocenters. The van der Waals surface area contributed by atoms with Crippen molar-refractivity contribution in [2.45, 2.75) is 11.8 Å². The van der Waals surface area contributed by atoms with Crippen molar-refractivity contribution in [2.75, 3.05) is 0 Å². The first-order valence-corrected chi connectivity index (χ1v) is 7.51.